The molecule has 74 heavy (non-hydrogen) atoms. The molecule has 0 aromatic heterocycles. The van der Waals surface area contributed by atoms with Gasteiger partial charge in [-0.2, -0.15) is 127 Å². The molecule has 4 aromatic rings. The van der Waals surface area contributed by atoms with E-state index in [4.69, 9.17) is 0 Å². The van der Waals surface area contributed by atoms with Crippen molar-refractivity contribution in [3.8, 4) is 0 Å². The summed E-state index contributed by atoms with van der Waals surface area (Å²) in [6, 6.07) is -8.81. The zero-order valence-electron chi connectivity index (χ0n) is 37.2. The van der Waals surface area contributed by atoms with Crippen LogP contribution in [0.2, 0.25) is 0 Å². The third-order valence-corrected chi connectivity index (χ3v) is 11.1. The fourth-order valence-electron chi connectivity index (χ4n) is 7.79. The molecular formula is C48H36BF24Rh-. The Kier molecular flexibility index (Phi) is 20.3. The smallest absolute Gasteiger partial charge is 0.194 e. The minimum Gasteiger partial charge on any atom is -0.194 e. The van der Waals surface area contributed by atoms with Crippen LogP contribution in [0.25, 0.3) is 0 Å². The van der Waals surface area contributed by atoms with Crippen molar-refractivity contribution in [3.63, 3.8) is 0 Å². The van der Waals surface area contributed by atoms with Crippen molar-refractivity contribution in [2.45, 2.75) is 101 Å². The molecular weight excluding hydrogens is 1150 g/mol. The molecule has 6 rings (SSSR count). The van der Waals surface area contributed by atoms with Gasteiger partial charge in [-0.3, -0.25) is 0 Å². The average Bonchev–Trinajstić information content (AvgIpc) is 3.21. The van der Waals surface area contributed by atoms with Gasteiger partial charge in [0, 0.05) is 19.5 Å². The van der Waals surface area contributed by atoms with Crippen LogP contribution in [0.5, 0.6) is 0 Å². The predicted octanol–water partition coefficient (Wildman–Crippen LogP) is 16.6. The van der Waals surface area contributed by atoms with E-state index in [2.05, 4.69) is 48.6 Å². The van der Waals surface area contributed by atoms with Crippen molar-refractivity contribution in [1.29, 1.82) is 0 Å². The first-order valence-electron chi connectivity index (χ1n) is 21.2. The summed E-state index contributed by atoms with van der Waals surface area (Å²) < 4.78 is 341. The van der Waals surface area contributed by atoms with Gasteiger partial charge in [0.15, 0.2) is 0 Å². The van der Waals surface area contributed by atoms with Gasteiger partial charge < -0.3 is 0 Å². The van der Waals surface area contributed by atoms with Crippen molar-refractivity contribution in [1.82, 2.24) is 0 Å². The van der Waals surface area contributed by atoms with E-state index in [0.29, 0.717) is 0 Å². The van der Waals surface area contributed by atoms with Crippen LogP contribution in [0.4, 0.5) is 105 Å². The maximum absolute atomic E-state index is 14.2. The zero-order valence-corrected chi connectivity index (χ0v) is 38.8. The van der Waals surface area contributed by atoms with Crippen molar-refractivity contribution in [2.75, 3.05) is 0 Å². The van der Waals surface area contributed by atoms with Crippen LogP contribution in [0.1, 0.15) is 95.9 Å². The summed E-state index contributed by atoms with van der Waals surface area (Å²) in [5, 5.41) is 0. The molecule has 0 heterocycles. The summed E-state index contributed by atoms with van der Waals surface area (Å²) >= 11 is 0. The van der Waals surface area contributed by atoms with Gasteiger partial charge in [-0.15, -0.1) is 0 Å². The van der Waals surface area contributed by atoms with E-state index in [-0.39, 0.29) is 19.5 Å². The normalized spacial score (nSPS) is 17.1. The summed E-state index contributed by atoms with van der Waals surface area (Å²) in [7, 11) is 0. The second kappa shape index (κ2) is 23.8. The van der Waals surface area contributed by atoms with Crippen LogP contribution in [0.15, 0.2) is 121 Å². The van der Waals surface area contributed by atoms with E-state index in [1.165, 1.54) is 44.9 Å². The van der Waals surface area contributed by atoms with Gasteiger partial charge in [-0.1, -0.05) is 97.1 Å². The molecule has 0 fully saturated rings. The number of hydrogen-bond acceptors (Lipinski definition) is 0. The molecule has 1 radical (unpaired) electrons. The topological polar surface area (TPSA) is 0 Å². The fourth-order valence-corrected chi connectivity index (χ4v) is 7.79. The maximum Gasteiger partial charge on any atom is 0.416 e. The van der Waals surface area contributed by atoms with Crippen LogP contribution in [0, 0.1) is 0 Å². The Balaban J connectivity index is 0.000000717. The monoisotopic (exact) mass is 1180 g/mol. The number of allylic oxidation sites excluding steroid dienone is 8. The molecule has 409 valence electrons. The molecule has 0 saturated heterocycles. The summed E-state index contributed by atoms with van der Waals surface area (Å²) in [5.74, 6) is 0. The van der Waals surface area contributed by atoms with Crippen molar-refractivity contribution in [3.05, 3.63) is 166 Å². The Morgan fingerprint density at radius 3 is 0.554 bits per heavy atom. The number of halogens is 24. The van der Waals surface area contributed by atoms with E-state index in [9.17, 15) is 105 Å². The van der Waals surface area contributed by atoms with Gasteiger partial charge in [-0.25, -0.2) is 0 Å². The average molecular weight is 1180 g/mol. The molecule has 0 spiro atoms. The zero-order chi connectivity index (χ0) is 55.2. The molecule has 4 aromatic carbocycles. The molecule has 0 saturated carbocycles. The first kappa shape index (κ1) is 63.1. The van der Waals surface area contributed by atoms with Crippen molar-refractivity contribution >= 4 is 28.0 Å². The molecule has 0 N–H and O–H groups in total. The standard InChI is InChI=1S/C32H12BF24.2C8H12.Rh/c34-25(35,36)13-1-14(26(37,38)39)6-21(5-13)33(22-7-15(27(40,41)42)2-16(8-22)28(43,44)45,23-9-17(29(46,47)48)3-18(10-23)30(49,50)51)24-11-19(31(52,53)54)4-20(12-24)32(55,56)57;2*1-2-4-6-8-7-5-3-1;/h1-12H;1-2,7-8H,3-6H2;1-2,5,7H,3-4,6,8H2;/q-1;;;/b;2-1-,8-7-;2-1-,7-5-;. The van der Waals surface area contributed by atoms with Crippen molar-refractivity contribution < 1.29 is 125 Å². The Bertz CT molecular complexity index is 2160. The quantitative estimate of drug-likeness (QED) is 0.109. The second-order valence-corrected chi connectivity index (χ2v) is 16.4. The predicted molar refractivity (Wildman–Crippen MR) is 224 cm³/mol. The van der Waals surface area contributed by atoms with Gasteiger partial charge in [0.2, 0.25) is 0 Å². The minimum absolute atomic E-state index is 0. The number of benzene rings is 4. The molecule has 0 aliphatic heterocycles. The molecule has 2 aliphatic carbocycles. The van der Waals surface area contributed by atoms with Gasteiger partial charge in [0.05, 0.1) is 44.5 Å². The summed E-state index contributed by atoms with van der Waals surface area (Å²) in [6.45, 7) is 0. The van der Waals surface area contributed by atoms with Crippen molar-refractivity contribution in [2.24, 2.45) is 0 Å². The molecule has 26 heteroatoms. The van der Waals surface area contributed by atoms with E-state index in [1.54, 1.807) is 0 Å². The SMILES string of the molecule is C1=C\CC/C=C\CC/1.C1=C\CCC/C=C\C/1.FC(F)(F)c1cc([B-](c2cc(C(F)(F)F)cc(C(F)(F)F)c2)(c2cc(C(F)(F)F)cc(C(F)(F)F)c2)c2cc(C(F)(F)F)cc(C(F)(F)F)c2)cc(C(F)(F)F)c1.[Rh]. The first-order chi connectivity index (χ1) is 33.3. The van der Waals surface area contributed by atoms with Crippen LogP contribution in [-0.4, -0.2) is 6.15 Å². The number of rotatable bonds is 4. The fraction of sp³-hybridized carbons (Fsp3) is 0.333. The molecule has 0 nitrogen and oxygen atoms in total. The Morgan fingerprint density at radius 1 is 0.230 bits per heavy atom. The Labute approximate surface area is 418 Å². The van der Waals surface area contributed by atoms with E-state index < -0.39 is 195 Å². The third-order valence-electron chi connectivity index (χ3n) is 11.1. The van der Waals surface area contributed by atoms with Gasteiger partial charge in [0.25, 0.3) is 0 Å². The number of alkyl halides is 24. The van der Waals surface area contributed by atoms with Crippen LogP contribution >= 0.6 is 0 Å². The second-order valence-electron chi connectivity index (χ2n) is 16.4. The maximum atomic E-state index is 14.2. The molecule has 0 bridgehead atoms. The number of hydrogen-bond donors (Lipinski definition) is 0. The van der Waals surface area contributed by atoms with E-state index >= 15 is 0 Å². The van der Waals surface area contributed by atoms with E-state index in [0.717, 1.165) is 6.42 Å². The third kappa shape index (κ3) is 16.9. The Hall–Kier alpha value is -5.15. The molecule has 0 unspecified atom stereocenters. The van der Waals surface area contributed by atoms with Crippen LogP contribution in [-0.2, 0) is 68.9 Å². The largest absolute Gasteiger partial charge is 0.416 e. The van der Waals surface area contributed by atoms with Crippen LogP contribution in [0.3, 0.4) is 0 Å². The van der Waals surface area contributed by atoms with Gasteiger partial charge >= 0.3 is 49.4 Å². The summed E-state index contributed by atoms with van der Waals surface area (Å²) in [4.78, 5) is 0. The summed E-state index contributed by atoms with van der Waals surface area (Å²) in [6.07, 6.45) is -26.8. The molecule has 0 amide bonds. The first-order valence-corrected chi connectivity index (χ1v) is 21.2. The molecule has 2 aliphatic rings. The Morgan fingerprint density at radius 2 is 0.392 bits per heavy atom. The summed E-state index contributed by atoms with van der Waals surface area (Å²) in [5.41, 5.74) is -30.2. The molecule has 0 atom stereocenters. The van der Waals surface area contributed by atoms with Gasteiger partial charge in [0.1, 0.15) is 6.15 Å². The van der Waals surface area contributed by atoms with Crippen LogP contribution < -0.4 is 21.9 Å². The minimum atomic E-state index is -6.13. The van der Waals surface area contributed by atoms with E-state index in [1.807, 2.05) is 0 Å². The van der Waals surface area contributed by atoms with Gasteiger partial charge in [-0.05, 0) is 75.6 Å².